The van der Waals surface area contributed by atoms with Crippen molar-refractivity contribution in [3.05, 3.63) is 47.9 Å². The highest BCUT2D eigenvalue weighted by molar-refractivity contribution is 5.45. The van der Waals surface area contributed by atoms with Gasteiger partial charge < -0.3 is 19.2 Å². The van der Waals surface area contributed by atoms with Gasteiger partial charge in [0, 0.05) is 19.0 Å². The van der Waals surface area contributed by atoms with E-state index in [1.807, 2.05) is 18.2 Å². The minimum Gasteiger partial charge on any atom is -0.468 e. The van der Waals surface area contributed by atoms with E-state index in [1.165, 1.54) is 5.56 Å². The van der Waals surface area contributed by atoms with Gasteiger partial charge in [-0.3, -0.25) is 5.43 Å². The van der Waals surface area contributed by atoms with Crippen LogP contribution in [0.4, 0.5) is 0 Å². The largest absolute Gasteiger partial charge is 0.468 e. The number of furan rings is 1. The third-order valence-electron chi connectivity index (χ3n) is 4.13. The van der Waals surface area contributed by atoms with Gasteiger partial charge in [0.05, 0.1) is 18.8 Å². The Balaban J connectivity index is 1.40. The number of benzene rings is 1. The molecular formula is C16H19N3O3. The second kappa shape index (κ2) is 6.00. The molecule has 1 fully saturated rings. The Labute approximate surface area is 128 Å². The molecule has 22 heavy (non-hydrogen) atoms. The summed E-state index contributed by atoms with van der Waals surface area (Å²) in [5, 5.41) is 3.45. The Hall–Kier alpha value is -2.02. The van der Waals surface area contributed by atoms with Gasteiger partial charge in [-0.2, -0.15) is 0 Å². The van der Waals surface area contributed by atoms with E-state index in [0.29, 0.717) is 12.7 Å². The van der Waals surface area contributed by atoms with Crippen LogP contribution >= 0.6 is 0 Å². The lowest BCUT2D eigenvalue weighted by molar-refractivity contribution is 0.174. The molecular weight excluding hydrogens is 282 g/mol. The van der Waals surface area contributed by atoms with Gasteiger partial charge in [-0.1, -0.05) is 6.07 Å². The van der Waals surface area contributed by atoms with E-state index in [-0.39, 0.29) is 6.04 Å². The van der Waals surface area contributed by atoms with Crippen molar-refractivity contribution < 1.29 is 13.9 Å². The lowest BCUT2D eigenvalue weighted by Gasteiger charge is -2.19. The van der Waals surface area contributed by atoms with Crippen molar-refractivity contribution in [2.45, 2.75) is 12.6 Å². The molecule has 116 valence electrons. The summed E-state index contributed by atoms with van der Waals surface area (Å²) in [7, 11) is 0. The molecule has 6 nitrogen and oxygen atoms in total. The van der Waals surface area contributed by atoms with Crippen molar-refractivity contribution in [2.75, 3.05) is 19.9 Å². The van der Waals surface area contributed by atoms with Crippen LogP contribution in [-0.4, -0.2) is 19.9 Å². The summed E-state index contributed by atoms with van der Waals surface area (Å²) in [6.45, 7) is 2.88. The minimum atomic E-state index is 0.249. The number of ether oxygens (including phenoxy) is 2. The van der Waals surface area contributed by atoms with Crippen molar-refractivity contribution in [3.63, 3.8) is 0 Å². The Morgan fingerprint density at radius 1 is 1.18 bits per heavy atom. The third kappa shape index (κ3) is 2.68. The molecule has 2 atom stereocenters. The topological polar surface area (TPSA) is 67.7 Å². The van der Waals surface area contributed by atoms with Crippen LogP contribution in [0.5, 0.6) is 11.5 Å². The maximum absolute atomic E-state index is 5.47. The Morgan fingerprint density at radius 2 is 2.14 bits per heavy atom. The molecule has 1 aromatic heterocycles. The highest BCUT2D eigenvalue weighted by Crippen LogP contribution is 2.36. The quantitative estimate of drug-likeness (QED) is 0.779. The first-order valence-corrected chi connectivity index (χ1v) is 7.51. The average Bonchev–Trinajstić information content (AvgIpc) is 3.28. The first-order chi connectivity index (χ1) is 10.9. The highest BCUT2D eigenvalue weighted by Gasteiger charge is 2.29. The van der Waals surface area contributed by atoms with Crippen LogP contribution in [-0.2, 0) is 6.54 Å². The van der Waals surface area contributed by atoms with Crippen LogP contribution in [0, 0.1) is 5.92 Å². The number of nitrogens with one attached hydrogen (secondary N) is 3. The Bertz CT molecular complexity index is 630. The smallest absolute Gasteiger partial charge is 0.231 e. The molecule has 0 bridgehead atoms. The second-order valence-electron chi connectivity index (χ2n) is 5.59. The SMILES string of the molecule is c1coc(CNCC2CNNC2c2ccc3c(c2)OCO3)c1. The lowest BCUT2D eigenvalue weighted by Crippen LogP contribution is -2.28. The van der Waals surface area contributed by atoms with Crippen molar-refractivity contribution in [2.24, 2.45) is 5.92 Å². The molecule has 0 radical (unpaired) electrons. The van der Waals surface area contributed by atoms with E-state index in [0.717, 1.165) is 36.9 Å². The molecule has 1 aromatic carbocycles. The van der Waals surface area contributed by atoms with Crippen LogP contribution in [0.3, 0.4) is 0 Å². The average molecular weight is 301 g/mol. The summed E-state index contributed by atoms with van der Waals surface area (Å²) < 4.78 is 16.2. The first kappa shape index (κ1) is 13.6. The molecule has 2 aliphatic rings. The van der Waals surface area contributed by atoms with Gasteiger partial charge in [0.1, 0.15) is 5.76 Å². The molecule has 2 unspecified atom stereocenters. The van der Waals surface area contributed by atoms with Gasteiger partial charge in [-0.25, -0.2) is 5.43 Å². The fourth-order valence-corrected chi connectivity index (χ4v) is 2.98. The molecule has 6 heteroatoms. The van der Waals surface area contributed by atoms with E-state index in [9.17, 15) is 0 Å². The minimum absolute atomic E-state index is 0.249. The maximum Gasteiger partial charge on any atom is 0.231 e. The van der Waals surface area contributed by atoms with Crippen molar-refractivity contribution in [1.29, 1.82) is 0 Å². The predicted molar refractivity (Wildman–Crippen MR) is 80.3 cm³/mol. The van der Waals surface area contributed by atoms with Gasteiger partial charge in [0.25, 0.3) is 0 Å². The zero-order valence-electron chi connectivity index (χ0n) is 12.2. The van der Waals surface area contributed by atoms with Crippen LogP contribution in [0.2, 0.25) is 0 Å². The zero-order valence-corrected chi connectivity index (χ0v) is 12.2. The predicted octanol–water partition coefficient (Wildman–Crippen LogP) is 1.56. The van der Waals surface area contributed by atoms with Crippen LogP contribution in [0.15, 0.2) is 41.0 Å². The van der Waals surface area contributed by atoms with Gasteiger partial charge >= 0.3 is 0 Å². The normalized spacial score (nSPS) is 23.1. The lowest BCUT2D eigenvalue weighted by atomic mass is 9.94. The van der Waals surface area contributed by atoms with Gasteiger partial charge in [-0.15, -0.1) is 0 Å². The summed E-state index contributed by atoms with van der Waals surface area (Å²) in [5.41, 5.74) is 7.80. The molecule has 2 aliphatic heterocycles. The third-order valence-corrected chi connectivity index (χ3v) is 4.13. The fraction of sp³-hybridized carbons (Fsp3) is 0.375. The molecule has 0 spiro atoms. The maximum atomic E-state index is 5.47. The molecule has 0 saturated carbocycles. The molecule has 3 heterocycles. The van der Waals surface area contributed by atoms with Crippen LogP contribution in [0.1, 0.15) is 17.4 Å². The number of hydrogen-bond acceptors (Lipinski definition) is 6. The Kier molecular flexibility index (Phi) is 3.72. The second-order valence-corrected chi connectivity index (χ2v) is 5.59. The summed E-state index contributed by atoms with van der Waals surface area (Å²) in [4.78, 5) is 0. The van der Waals surface area contributed by atoms with E-state index in [2.05, 4.69) is 28.3 Å². The van der Waals surface area contributed by atoms with E-state index < -0.39 is 0 Å². The van der Waals surface area contributed by atoms with Gasteiger partial charge in [0.15, 0.2) is 11.5 Å². The summed E-state index contributed by atoms with van der Waals surface area (Å²) in [5.74, 6) is 3.06. The molecule has 2 aromatic rings. The molecule has 3 N–H and O–H groups in total. The monoisotopic (exact) mass is 301 g/mol. The van der Waals surface area contributed by atoms with Crippen LogP contribution < -0.4 is 25.6 Å². The van der Waals surface area contributed by atoms with E-state index >= 15 is 0 Å². The van der Waals surface area contributed by atoms with Crippen molar-refractivity contribution >= 4 is 0 Å². The van der Waals surface area contributed by atoms with Crippen molar-refractivity contribution in [1.82, 2.24) is 16.2 Å². The van der Waals surface area contributed by atoms with E-state index in [1.54, 1.807) is 6.26 Å². The standard InChI is InChI=1S/C16H19N3O3/c1-2-13(20-5-1)9-17-7-12-8-18-19-16(12)11-3-4-14-15(6-11)22-10-21-14/h1-6,12,16-19H,7-10H2. The Morgan fingerprint density at radius 3 is 3.05 bits per heavy atom. The number of hydrazine groups is 1. The molecule has 0 aliphatic carbocycles. The summed E-state index contributed by atoms with van der Waals surface area (Å²) in [6, 6.07) is 10.3. The summed E-state index contributed by atoms with van der Waals surface area (Å²) >= 11 is 0. The molecule has 1 saturated heterocycles. The van der Waals surface area contributed by atoms with Crippen molar-refractivity contribution in [3.8, 4) is 11.5 Å². The highest BCUT2D eigenvalue weighted by atomic mass is 16.7. The number of rotatable bonds is 5. The van der Waals surface area contributed by atoms with Crippen LogP contribution in [0.25, 0.3) is 0 Å². The zero-order chi connectivity index (χ0) is 14.8. The molecule has 0 amide bonds. The number of fused-ring (bicyclic) bond motifs is 1. The number of hydrogen-bond donors (Lipinski definition) is 3. The van der Waals surface area contributed by atoms with Gasteiger partial charge in [-0.05, 0) is 29.8 Å². The first-order valence-electron chi connectivity index (χ1n) is 7.51. The summed E-state index contributed by atoms with van der Waals surface area (Å²) in [6.07, 6.45) is 1.70. The van der Waals surface area contributed by atoms with Gasteiger partial charge in [0.2, 0.25) is 6.79 Å². The van der Waals surface area contributed by atoms with E-state index in [4.69, 9.17) is 13.9 Å². The fourth-order valence-electron chi connectivity index (χ4n) is 2.98. The molecule has 4 rings (SSSR count).